The lowest BCUT2D eigenvalue weighted by Crippen LogP contribution is -2.42. The minimum absolute atomic E-state index is 0.236. The first-order chi connectivity index (χ1) is 9.49. The average Bonchev–Trinajstić information content (AvgIpc) is 2.45. The highest BCUT2D eigenvalue weighted by Crippen LogP contribution is 2.23. The summed E-state index contributed by atoms with van der Waals surface area (Å²) in [4.78, 5) is 0. The molecule has 0 bridgehead atoms. The summed E-state index contributed by atoms with van der Waals surface area (Å²) in [6.45, 7) is 9.06. The summed E-state index contributed by atoms with van der Waals surface area (Å²) in [5.41, 5.74) is 1.30. The van der Waals surface area contributed by atoms with E-state index < -0.39 is 0 Å². The molecule has 0 saturated carbocycles. The van der Waals surface area contributed by atoms with Crippen molar-refractivity contribution in [2.45, 2.75) is 52.1 Å². The molecule has 114 valence electrons. The molecule has 0 radical (unpaired) electrons. The number of aliphatic hydroxyl groups is 1. The number of methoxy groups -OCH3 is 1. The molecular weight excluding hydrogens is 250 g/mol. The molecule has 20 heavy (non-hydrogen) atoms. The molecule has 1 aromatic carbocycles. The predicted octanol–water partition coefficient (Wildman–Crippen LogP) is 3.18. The molecule has 1 rings (SSSR count). The second kappa shape index (κ2) is 8.28. The standard InChI is InChI=1S/C17H29NO2/c1-12(2)17(10-11-19)18-14(4)13(3)15-6-8-16(20-5)9-7-15/h6-9,12-14,17-19H,10-11H2,1-5H3. The van der Waals surface area contributed by atoms with Gasteiger partial charge in [0.2, 0.25) is 0 Å². The lowest BCUT2D eigenvalue weighted by Gasteiger charge is -2.29. The van der Waals surface area contributed by atoms with Gasteiger partial charge >= 0.3 is 0 Å². The van der Waals surface area contributed by atoms with Gasteiger partial charge in [-0.1, -0.05) is 32.9 Å². The Bertz CT molecular complexity index is 375. The van der Waals surface area contributed by atoms with Crippen LogP contribution in [0.3, 0.4) is 0 Å². The van der Waals surface area contributed by atoms with Gasteiger partial charge in [0.05, 0.1) is 7.11 Å². The Morgan fingerprint density at radius 3 is 2.15 bits per heavy atom. The van der Waals surface area contributed by atoms with Crippen LogP contribution in [0.4, 0.5) is 0 Å². The van der Waals surface area contributed by atoms with Gasteiger partial charge in [0.1, 0.15) is 5.75 Å². The van der Waals surface area contributed by atoms with Crippen LogP contribution in [0.25, 0.3) is 0 Å². The van der Waals surface area contributed by atoms with Gasteiger partial charge in [0.25, 0.3) is 0 Å². The maximum Gasteiger partial charge on any atom is 0.118 e. The highest BCUT2D eigenvalue weighted by atomic mass is 16.5. The summed E-state index contributed by atoms with van der Waals surface area (Å²) < 4.78 is 5.19. The summed E-state index contributed by atoms with van der Waals surface area (Å²) in [7, 11) is 1.69. The predicted molar refractivity (Wildman–Crippen MR) is 84.3 cm³/mol. The summed E-state index contributed by atoms with van der Waals surface area (Å²) >= 11 is 0. The Balaban J connectivity index is 2.66. The molecule has 0 heterocycles. The minimum Gasteiger partial charge on any atom is -0.497 e. The van der Waals surface area contributed by atoms with E-state index in [4.69, 9.17) is 9.84 Å². The van der Waals surface area contributed by atoms with Crippen LogP contribution >= 0.6 is 0 Å². The molecule has 3 nitrogen and oxygen atoms in total. The van der Waals surface area contributed by atoms with E-state index in [9.17, 15) is 0 Å². The van der Waals surface area contributed by atoms with Gasteiger partial charge in [0.15, 0.2) is 0 Å². The second-order valence-electron chi connectivity index (χ2n) is 5.88. The number of rotatable bonds is 8. The van der Waals surface area contributed by atoms with Crippen molar-refractivity contribution in [3.8, 4) is 5.75 Å². The maximum atomic E-state index is 9.16. The van der Waals surface area contributed by atoms with Crippen molar-refractivity contribution >= 4 is 0 Å². The number of ether oxygens (including phenoxy) is 1. The molecule has 0 saturated heterocycles. The number of hydrogen-bond acceptors (Lipinski definition) is 3. The monoisotopic (exact) mass is 279 g/mol. The molecule has 0 aliphatic rings. The maximum absolute atomic E-state index is 9.16. The van der Waals surface area contributed by atoms with Gasteiger partial charge in [0, 0.05) is 18.7 Å². The van der Waals surface area contributed by atoms with Crippen LogP contribution in [0.15, 0.2) is 24.3 Å². The molecule has 0 spiro atoms. The van der Waals surface area contributed by atoms with E-state index in [1.54, 1.807) is 7.11 Å². The number of benzene rings is 1. The summed E-state index contributed by atoms with van der Waals surface area (Å²) in [5, 5.41) is 12.8. The zero-order valence-electron chi connectivity index (χ0n) is 13.4. The van der Waals surface area contributed by atoms with E-state index in [2.05, 4.69) is 45.1 Å². The highest BCUT2D eigenvalue weighted by molar-refractivity contribution is 5.29. The van der Waals surface area contributed by atoms with Crippen LogP contribution in [0.2, 0.25) is 0 Å². The molecule has 1 aromatic rings. The fourth-order valence-corrected chi connectivity index (χ4v) is 2.43. The van der Waals surface area contributed by atoms with Crippen molar-refractivity contribution in [1.29, 1.82) is 0 Å². The van der Waals surface area contributed by atoms with Crippen LogP contribution in [0.5, 0.6) is 5.75 Å². The topological polar surface area (TPSA) is 41.5 Å². The van der Waals surface area contributed by atoms with E-state index in [0.29, 0.717) is 23.9 Å². The summed E-state index contributed by atoms with van der Waals surface area (Å²) in [5.74, 6) is 1.83. The Morgan fingerprint density at radius 1 is 1.10 bits per heavy atom. The van der Waals surface area contributed by atoms with Crippen LogP contribution in [-0.2, 0) is 0 Å². The minimum atomic E-state index is 0.236. The lowest BCUT2D eigenvalue weighted by molar-refractivity contribution is 0.232. The Hall–Kier alpha value is -1.06. The molecular formula is C17H29NO2. The largest absolute Gasteiger partial charge is 0.497 e. The third kappa shape index (κ3) is 4.80. The van der Waals surface area contributed by atoms with Crippen molar-refractivity contribution < 1.29 is 9.84 Å². The second-order valence-corrected chi connectivity index (χ2v) is 5.88. The first-order valence-corrected chi connectivity index (χ1v) is 7.50. The van der Waals surface area contributed by atoms with Crippen molar-refractivity contribution in [3.63, 3.8) is 0 Å². The van der Waals surface area contributed by atoms with Crippen LogP contribution in [-0.4, -0.2) is 30.9 Å². The normalized spacial score (nSPS) is 15.9. The third-order valence-corrected chi connectivity index (χ3v) is 4.11. The average molecular weight is 279 g/mol. The third-order valence-electron chi connectivity index (χ3n) is 4.11. The molecule has 0 aromatic heterocycles. The fourth-order valence-electron chi connectivity index (χ4n) is 2.43. The van der Waals surface area contributed by atoms with Gasteiger partial charge in [-0.15, -0.1) is 0 Å². The molecule has 3 heteroatoms. The van der Waals surface area contributed by atoms with Gasteiger partial charge in [-0.25, -0.2) is 0 Å². The van der Waals surface area contributed by atoms with E-state index in [1.165, 1.54) is 5.56 Å². The fraction of sp³-hybridized carbons (Fsp3) is 0.647. The van der Waals surface area contributed by atoms with Gasteiger partial charge < -0.3 is 15.2 Å². The quantitative estimate of drug-likeness (QED) is 0.768. The van der Waals surface area contributed by atoms with E-state index in [0.717, 1.165) is 12.2 Å². The first kappa shape index (κ1) is 17.0. The Morgan fingerprint density at radius 2 is 1.70 bits per heavy atom. The van der Waals surface area contributed by atoms with E-state index >= 15 is 0 Å². The van der Waals surface area contributed by atoms with E-state index in [1.807, 2.05) is 12.1 Å². The molecule has 0 aliphatic carbocycles. The smallest absolute Gasteiger partial charge is 0.118 e. The number of hydrogen-bond donors (Lipinski definition) is 2. The van der Waals surface area contributed by atoms with Crippen LogP contribution in [0.1, 0.15) is 45.6 Å². The molecule has 0 aliphatic heterocycles. The number of aliphatic hydroxyl groups excluding tert-OH is 1. The molecule has 0 fully saturated rings. The SMILES string of the molecule is COc1ccc(C(C)C(C)NC(CCO)C(C)C)cc1. The van der Waals surface area contributed by atoms with Gasteiger partial charge in [-0.3, -0.25) is 0 Å². The number of nitrogens with one attached hydrogen (secondary N) is 1. The van der Waals surface area contributed by atoms with Crippen LogP contribution < -0.4 is 10.1 Å². The lowest BCUT2D eigenvalue weighted by atomic mass is 9.92. The Labute approximate surface area is 123 Å². The Kier molecular flexibility index (Phi) is 7.03. The van der Waals surface area contributed by atoms with Crippen molar-refractivity contribution in [2.75, 3.05) is 13.7 Å². The van der Waals surface area contributed by atoms with Crippen molar-refractivity contribution in [1.82, 2.24) is 5.32 Å². The molecule has 3 unspecified atom stereocenters. The molecule has 0 amide bonds. The van der Waals surface area contributed by atoms with Crippen molar-refractivity contribution in [3.05, 3.63) is 29.8 Å². The van der Waals surface area contributed by atoms with Crippen LogP contribution in [0, 0.1) is 5.92 Å². The first-order valence-electron chi connectivity index (χ1n) is 7.50. The zero-order chi connectivity index (χ0) is 15.1. The van der Waals surface area contributed by atoms with Gasteiger partial charge in [-0.05, 0) is 42.9 Å². The highest BCUT2D eigenvalue weighted by Gasteiger charge is 2.20. The van der Waals surface area contributed by atoms with E-state index in [-0.39, 0.29) is 6.61 Å². The van der Waals surface area contributed by atoms with Gasteiger partial charge in [-0.2, -0.15) is 0 Å². The van der Waals surface area contributed by atoms with Crippen molar-refractivity contribution in [2.24, 2.45) is 5.92 Å². The molecule has 2 N–H and O–H groups in total. The summed E-state index contributed by atoms with van der Waals surface area (Å²) in [6, 6.07) is 8.98. The molecule has 3 atom stereocenters. The zero-order valence-corrected chi connectivity index (χ0v) is 13.4. The summed E-state index contributed by atoms with van der Waals surface area (Å²) in [6.07, 6.45) is 0.803.